The van der Waals surface area contributed by atoms with E-state index in [-0.39, 0.29) is 6.04 Å². The maximum atomic E-state index is 5.46. The molecule has 1 unspecified atom stereocenters. The Bertz CT molecular complexity index is 675. The summed E-state index contributed by atoms with van der Waals surface area (Å²) in [7, 11) is 0. The number of aryl methyl sites for hydroxylation is 1. The standard InChI is InChI=1S/C20H26N2S/c1-13(2)17-9-11-18(12-10-17)16(5)21-20(23)22-19-8-6-7-14(3)15(19)4/h6-13,16H,1-5H3,(H2,21,22,23). The van der Waals surface area contributed by atoms with Gasteiger partial charge in [0.2, 0.25) is 0 Å². The smallest absolute Gasteiger partial charge is 0.171 e. The Morgan fingerprint density at radius 2 is 1.52 bits per heavy atom. The lowest BCUT2D eigenvalue weighted by atomic mass is 10.00. The minimum Gasteiger partial charge on any atom is -0.356 e. The minimum absolute atomic E-state index is 0.168. The van der Waals surface area contributed by atoms with Crippen molar-refractivity contribution in [2.75, 3.05) is 5.32 Å². The van der Waals surface area contributed by atoms with E-state index in [4.69, 9.17) is 12.2 Å². The molecule has 0 aromatic heterocycles. The molecule has 2 rings (SSSR count). The Morgan fingerprint density at radius 1 is 0.913 bits per heavy atom. The SMILES string of the molecule is Cc1cccc(NC(=S)NC(C)c2ccc(C(C)C)cc2)c1C. The molecule has 0 aliphatic rings. The number of thiocarbonyl (C=S) groups is 1. The largest absolute Gasteiger partial charge is 0.356 e. The molecule has 1 atom stereocenters. The zero-order valence-corrected chi connectivity index (χ0v) is 15.4. The molecule has 3 heteroatoms. The van der Waals surface area contributed by atoms with E-state index in [9.17, 15) is 0 Å². The number of hydrogen-bond acceptors (Lipinski definition) is 1. The average molecular weight is 327 g/mol. The first-order valence-electron chi connectivity index (χ1n) is 8.12. The van der Waals surface area contributed by atoms with Gasteiger partial charge in [-0.05, 0) is 67.2 Å². The van der Waals surface area contributed by atoms with E-state index in [1.54, 1.807) is 0 Å². The molecule has 2 aromatic rings. The molecule has 0 bridgehead atoms. The van der Waals surface area contributed by atoms with Gasteiger partial charge in [-0.1, -0.05) is 50.2 Å². The lowest BCUT2D eigenvalue weighted by molar-refractivity contribution is 0.721. The van der Waals surface area contributed by atoms with Gasteiger partial charge in [0.15, 0.2) is 5.11 Å². The van der Waals surface area contributed by atoms with Crippen LogP contribution in [0, 0.1) is 13.8 Å². The van der Waals surface area contributed by atoms with Gasteiger partial charge in [-0.3, -0.25) is 0 Å². The highest BCUT2D eigenvalue weighted by Crippen LogP contribution is 2.20. The molecule has 2 N–H and O–H groups in total. The van der Waals surface area contributed by atoms with Gasteiger partial charge in [-0.25, -0.2) is 0 Å². The summed E-state index contributed by atoms with van der Waals surface area (Å²) in [6, 6.07) is 15.1. The lowest BCUT2D eigenvalue weighted by Gasteiger charge is -2.19. The summed E-state index contributed by atoms with van der Waals surface area (Å²) in [6.07, 6.45) is 0. The number of anilines is 1. The van der Waals surface area contributed by atoms with Crippen LogP contribution in [0.25, 0.3) is 0 Å². The maximum absolute atomic E-state index is 5.46. The van der Waals surface area contributed by atoms with Crippen molar-refractivity contribution in [1.82, 2.24) is 5.32 Å². The predicted molar refractivity (Wildman–Crippen MR) is 104 cm³/mol. The van der Waals surface area contributed by atoms with Gasteiger partial charge in [0, 0.05) is 5.69 Å². The van der Waals surface area contributed by atoms with Crippen LogP contribution in [0.2, 0.25) is 0 Å². The second kappa shape index (κ2) is 7.60. The van der Waals surface area contributed by atoms with E-state index in [2.05, 4.69) is 81.7 Å². The summed E-state index contributed by atoms with van der Waals surface area (Å²) >= 11 is 5.46. The first-order valence-corrected chi connectivity index (χ1v) is 8.53. The highest BCUT2D eigenvalue weighted by molar-refractivity contribution is 7.80. The molecule has 0 spiro atoms. The Hall–Kier alpha value is -1.87. The normalized spacial score (nSPS) is 12.1. The Labute approximate surface area is 145 Å². The molecular weight excluding hydrogens is 300 g/mol. The molecule has 2 nitrogen and oxygen atoms in total. The summed E-state index contributed by atoms with van der Waals surface area (Å²) < 4.78 is 0. The highest BCUT2D eigenvalue weighted by atomic mass is 32.1. The van der Waals surface area contributed by atoms with Gasteiger partial charge in [-0.2, -0.15) is 0 Å². The fraction of sp³-hybridized carbons (Fsp3) is 0.350. The zero-order chi connectivity index (χ0) is 17.0. The summed E-state index contributed by atoms with van der Waals surface area (Å²) in [5.74, 6) is 0.555. The quantitative estimate of drug-likeness (QED) is 0.728. The summed E-state index contributed by atoms with van der Waals surface area (Å²) in [5, 5.41) is 7.31. The first kappa shape index (κ1) is 17.5. The number of rotatable bonds is 4. The van der Waals surface area contributed by atoms with Crippen molar-refractivity contribution >= 4 is 23.0 Å². The summed E-state index contributed by atoms with van der Waals surface area (Å²) in [5.41, 5.74) is 6.14. The van der Waals surface area contributed by atoms with E-state index in [0.717, 1.165) is 5.69 Å². The third-order valence-electron chi connectivity index (χ3n) is 4.30. The van der Waals surface area contributed by atoms with Crippen LogP contribution in [0.1, 0.15) is 55.0 Å². The van der Waals surface area contributed by atoms with Gasteiger partial charge >= 0.3 is 0 Å². The molecule has 0 aliphatic heterocycles. The Balaban J connectivity index is 2.00. The predicted octanol–water partition coefficient (Wildman–Crippen LogP) is 5.47. The average Bonchev–Trinajstić information content (AvgIpc) is 2.52. The van der Waals surface area contributed by atoms with Crippen LogP contribution in [0.5, 0.6) is 0 Å². The van der Waals surface area contributed by atoms with Crippen molar-refractivity contribution in [2.45, 2.75) is 46.6 Å². The van der Waals surface area contributed by atoms with Gasteiger partial charge in [0.1, 0.15) is 0 Å². The van der Waals surface area contributed by atoms with Crippen LogP contribution in [-0.2, 0) is 0 Å². The molecular formula is C20H26N2S. The molecule has 2 aromatic carbocycles. The van der Waals surface area contributed by atoms with Gasteiger partial charge in [-0.15, -0.1) is 0 Å². The second-order valence-electron chi connectivity index (χ2n) is 6.39. The topological polar surface area (TPSA) is 24.1 Å². The molecule has 0 amide bonds. The van der Waals surface area contributed by atoms with Crippen LogP contribution in [0.3, 0.4) is 0 Å². The van der Waals surface area contributed by atoms with Gasteiger partial charge in [0.25, 0.3) is 0 Å². The van der Waals surface area contributed by atoms with E-state index >= 15 is 0 Å². The van der Waals surface area contributed by atoms with Crippen molar-refractivity contribution < 1.29 is 0 Å². The fourth-order valence-corrected chi connectivity index (χ4v) is 2.78. The van der Waals surface area contributed by atoms with Crippen LogP contribution < -0.4 is 10.6 Å². The van der Waals surface area contributed by atoms with Crippen LogP contribution in [0.15, 0.2) is 42.5 Å². The molecule has 23 heavy (non-hydrogen) atoms. The van der Waals surface area contributed by atoms with Crippen molar-refractivity contribution in [2.24, 2.45) is 0 Å². The maximum Gasteiger partial charge on any atom is 0.171 e. The highest BCUT2D eigenvalue weighted by Gasteiger charge is 2.09. The van der Waals surface area contributed by atoms with Crippen LogP contribution in [-0.4, -0.2) is 5.11 Å². The van der Waals surface area contributed by atoms with Crippen molar-refractivity contribution in [3.63, 3.8) is 0 Å². The van der Waals surface area contributed by atoms with E-state index in [0.29, 0.717) is 11.0 Å². The molecule has 0 saturated carbocycles. The Morgan fingerprint density at radius 3 is 2.13 bits per heavy atom. The summed E-state index contributed by atoms with van der Waals surface area (Å²) in [6.45, 7) is 10.8. The fourth-order valence-electron chi connectivity index (χ4n) is 2.49. The minimum atomic E-state index is 0.168. The third-order valence-corrected chi connectivity index (χ3v) is 4.52. The van der Waals surface area contributed by atoms with E-state index in [1.165, 1.54) is 22.3 Å². The van der Waals surface area contributed by atoms with Crippen LogP contribution >= 0.6 is 12.2 Å². The molecule has 0 heterocycles. The van der Waals surface area contributed by atoms with E-state index in [1.807, 2.05) is 6.07 Å². The molecule has 0 radical (unpaired) electrons. The Kier molecular flexibility index (Phi) is 5.78. The van der Waals surface area contributed by atoms with E-state index < -0.39 is 0 Å². The number of benzene rings is 2. The van der Waals surface area contributed by atoms with Crippen molar-refractivity contribution in [1.29, 1.82) is 0 Å². The lowest BCUT2D eigenvalue weighted by Crippen LogP contribution is -2.31. The molecule has 0 saturated heterocycles. The van der Waals surface area contributed by atoms with Gasteiger partial charge in [0.05, 0.1) is 6.04 Å². The van der Waals surface area contributed by atoms with Crippen molar-refractivity contribution in [3.05, 3.63) is 64.7 Å². The molecule has 0 aliphatic carbocycles. The first-order chi connectivity index (χ1) is 10.9. The number of nitrogens with one attached hydrogen (secondary N) is 2. The third kappa shape index (κ3) is 4.55. The molecule has 122 valence electrons. The van der Waals surface area contributed by atoms with Crippen LogP contribution in [0.4, 0.5) is 5.69 Å². The summed E-state index contributed by atoms with van der Waals surface area (Å²) in [4.78, 5) is 0. The molecule has 0 fully saturated rings. The zero-order valence-electron chi connectivity index (χ0n) is 14.6. The van der Waals surface area contributed by atoms with Crippen molar-refractivity contribution in [3.8, 4) is 0 Å². The second-order valence-corrected chi connectivity index (χ2v) is 6.80. The van der Waals surface area contributed by atoms with Gasteiger partial charge < -0.3 is 10.6 Å². The monoisotopic (exact) mass is 326 g/mol. The number of hydrogen-bond donors (Lipinski definition) is 2.